The van der Waals surface area contributed by atoms with Crippen LogP contribution >= 0.6 is 0 Å². The van der Waals surface area contributed by atoms with Crippen LogP contribution in [0.3, 0.4) is 0 Å². The van der Waals surface area contributed by atoms with Gasteiger partial charge in [0.2, 0.25) is 0 Å². The second kappa shape index (κ2) is 10.3. The third-order valence-corrected chi connectivity index (χ3v) is 3.72. The van der Waals surface area contributed by atoms with Gasteiger partial charge in [0.1, 0.15) is 0 Å². The molecule has 0 radical (unpaired) electrons. The van der Waals surface area contributed by atoms with Crippen molar-refractivity contribution in [3.8, 4) is 6.07 Å². The fraction of sp³-hybridized carbons (Fsp3) is 0.933. The number of ether oxygens (including phenoxy) is 1. The summed E-state index contributed by atoms with van der Waals surface area (Å²) in [5.41, 5.74) is 0. The third kappa shape index (κ3) is 6.37. The lowest BCUT2D eigenvalue weighted by Crippen LogP contribution is -2.42. The summed E-state index contributed by atoms with van der Waals surface area (Å²) in [7, 11) is 0. The zero-order chi connectivity index (χ0) is 13.1. The molecule has 0 amide bonds. The molecule has 1 rings (SSSR count). The molecule has 18 heavy (non-hydrogen) atoms. The number of morpholine rings is 1. The van der Waals surface area contributed by atoms with Crippen molar-refractivity contribution in [2.24, 2.45) is 0 Å². The Bertz CT molecular complexity index is 231. The molecule has 3 nitrogen and oxygen atoms in total. The predicted molar refractivity (Wildman–Crippen MR) is 74.4 cm³/mol. The lowest BCUT2D eigenvalue weighted by atomic mass is 10.0. The van der Waals surface area contributed by atoms with Crippen LogP contribution in [0.2, 0.25) is 0 Å². The maximum absolute atomic E-state index is 9.22. The average molecular weight is 252 g/mol. The van der Waals surface area contributed by atoms with Crippen LogP contribution < -0.4 is 0 Å². The minimum Gasteiger partial charge on any atom is -0.379 e. The minimum atomic E-state index is 0.115. The Morgan fingerprint density at radius 2 is 1.67 bits per heavy atom. The number of hydrogen-bond donors (Lipinski definition) is 0. The van der Waals surface area contributed by atoms with Crippen molar-refractivity contribution >= 4 is 0 Å². The van der Waals surface area contributed by atoms with Crippen LogP contribution in [0.5, 0.6) is 0 Å². The molecular weight excluding hydrogens is 224 g/mol. The predicted octanol–water partition coefficient (Wildman–Crippen LogP) is 3.35. The molecule has 0 aromatic heterocycles. The van der Waals surface area contributed by atoms with Gasteiger partial charge in [0.15, 0.2) is 0 Å². The van der Waals surface area contributed by atoms with E-state index in [-0.39, 0.29) is 6.04 Å². The first-order chi connectivity index (χ1) is 8.88. The van der Waals surface area contributed by atoms with Gasteiger partial charge in [0.05, 0.1) is 25.3 Å². The highest BCUT2D eigenvalue weighted by Crippen LogP contribution is 2.13. The molecule has 1 atom stereocenters. The fourth-order valence-corrected chi connectivity index (χ4v) is 2.51. The second-order valence-corrected chi connectivity index (χ2v) is 5.20. The van der Waals surface area contributed by atoms with Crippen molar-refractivity contribution in [1.29, 1.82) is 5.26 Å². The molecule has 1 unspecified atom stereocenters. The normalized spacial score (nSPS) is 18.4. The van der Waals surface area contributed by atoms with Crippen LogP contribution in [-0.4, -0.2) is 37.2 Å². The van der Waals surface area contributed by atoms with Crippen LogP contribution in [0.15, 0.2) is 0 Å². The van der Waals surface area contributed by atoms with Crippen LogP contribution in [0.4, 0.5) is 0 Å². The minimum absolute atomic E-state index is 0.115. The van der Waals surface area contributed by atoms with Gasteiger partial charge in [-0.05, 0) is 6.42 Å². The second-order valence-electron chi connectivity index (χ2n) is 5.20. The van der Waals surface area contributed by atoms with Crippen LogP contribution in [0, 0.1) is 11.3 Å². The number of rotatable bonds is 9. The van der Waals surface area contributed by atoms with E-state index in [1.807, 2.05) is 0 Å². The Kier molecular flexibility index (Phi) is 8.89. The first-order valence-corrected chi connectivity index (χ1v) is 7.60. The molecule has 1 heterocycles. The van der Waals surface area contributed by atoms with E-state index < -0.39 is 0 Å². The highest BCUT2D eigenvalue weighted by molar-refractivity contribution is 4.92. The lowest BCUT2D eigenvalue weighted by Gasteiger charge is -2.30. The van der Waals surface area contributed by atoms with Gasteiger partial charge in [-0.1, -0.05) is 51.9 Å². The van der Waals surface area contributed by atoms with E-state index in [2.05, 4.69) is 17.9 Å². The maximum Gasteiger partial charge on any atom is 0.0979 e. The van der Waals surface area contributed by atoms with Crippen LogP contribution in [0.1, 0.15) is 58.3 Å². The zero-order valence-electron chi connectivity index (χ0n) is 11.9. The van der Waals surface area contributed by atoms with Crippen LogP contribution in [0.25, 0.3) is 0 Å². The Labute approximate surface area is 112 Å². The standard InChI is InChI=1S/C15H28N2O/c1-2-3-4-5-6-7-8-9-15(14-16)17-10-12-18-13-11-17/h15H,2-13H2,1H3. The molecule has 3 heteroatoms. The first-order valence-electron chi connectivity index (χ1n) is 7.60. The monoisotopic (exact) mass is 252 g/mol. The molecule has 1 aliphatic rings. The molecule has 1 aliphatic heterocycles. The SMILES string of the molecule is CCCCCCCCCC(C#N)N1CCOCC1. The zero-order valence-corrected chi connectivity index (χ0v) is 11.9. The number of nitrogens with zero attached hydrogens (tertiary/aromatic N) is 2. The van der Waals surface area contributed by atoms with Crippen molar-refractivity contribution in [3.05, 3.63) is 0 Å². The van der Waals surface area contributed by atoms with E-state index in [0.717, 1.165) is 32.7 Å². The molecule has 0 bridgehead atoms. The van der Waals surface area contributed by atoms with Crippen molar-refractivity contribution < 1.29 is 4.74 Å². The van der Waals surface area contributed by atoms with Crippen molar-refractivity contribution in [1.82, 2.24) is 4.90 Å². The largest absolute Gasteiger partial charge is 0.379 e. The van der Waals surface area contributed by atoms with E-state index in [9.17, 15) is 5.26 Å². The average Bonchev–Trinajstić information content (AvgIpc) is 2.43. The summed E-state index contributed by atoms with van der Waals surface area (Å²) >= 11 is 0. The van der Waals surface area contributed by atoms with Gasteiger partial charge < -0.3 is 4.74 Å². The summed E-state index contributed by atoms with van der Waals surface area (Å²) < 4.78 is 5.32. The molecule has 0 aromatic carbocycles. The van der Waals surface area contributed by atoms with Gasteiger partial charge in [-0.3, -0.25) is 4.90 Å². The molecule has 0 N–H and O–H groups in total. The van der Waals surface area contributed by atoms with Gasteiger partial charge in [0.25, 0.3) is 0 Å². The summed E-state index contributed by atoms with van der Waals surface area (Å²) in [6.45, 7) is 5.67. The van der Waals surface area contributed by atoms with Crippen molar-refractivity contribution in [2.75, 3.05) is 26.3 Å². The van der Waals surface area contributed by atoms with Gasteiger partial charge in [-0.25, -0.2) is 0 Å². The quantitative estimate of drug-likeness (QED) is 0.590. The molecule has 0 spiro atoms. The lowest BCUT2D eigenvalue weighted by molar-refractivity contribution is 0.0251. The summed E-state index contributed by atoms with van der Waals surface area (Å²) in [4.78, 5) is 2.28. The van der Waals surface area contributed by atoms with E-state index in [4.69, 9.17) is 4.74 Å². The number of unbranched alkanes of at least 4 members (excludes halogenated alkanes) is 6. The Morgan fingerprint density at radius 3 is 2.28 bits per heavy atom. The summed E-state index contributed by atoms with van der Waals surface area (Å²) in [6, 6.07) is 2.57. The Hall–Kier alpha value is -0.590. The molecule has 0 saturated carbocycles. The van der Waals surface area contributed by atoms with Gasteiger partial charge in [0, 0.05) is 13.1 Å². The number of hydrogen-bond acceptors (Lipinski definition) is 3. The van der Waals surface area contributed by atoms with E-state index in [1.165, 1.54) is 44.9 Å². The van der Waals surface area contributed by atoms with Gasteiger partial charge in [-0.2, -0.15) is 5.26 Å². The van der Waals surface area contributed by atoms with Gasteiger partial charge in [-0.15, -0.1) is 0 Å². The smallest absolute Gasteiger partial charge is 0.0979 e. The van der Waals surface area contributed by atoms with Gasteiger partial charge >= 0.3 is 0 Å². The third-order valence-electron chi connectivity index (χ3n) is 3.72. The molecule has 0 aromatic rings. The maximum atomic E-state index is 9.22. The van der Waals surface area contributed by atoms with E-state index >= 15 is 0 Å². The molecular formula is C15H28N2O. The van der Waals surface area contributed by atoms with E-state index in [1.54, 1.807) is 0 Å². The summed E-state index contributed by atoms with van der Waals surface area (Å²) in [5, 5.41) is 9.22. The van der Waals surface area contributed by atoms with Crippen LogP contribution in [-0.2, 0) is 4.74 Å². The molecule has 0 aliphatic carbocycles. The van der Waals surface area contributed by atoms with Crippen molar-refractivity contribution in [3.63, 3.8) is 0 Å². The fourth-order valence-electron chi connectivity index (χ4n) is 2.51. The highest BCUT2D eigenvalue weighted by Gasteiger charge is 2.19. The number of nitriles is 1. The van der Waals surface area contributed by atoms with Crippen molar-refractivity contribution in [2.45, 2.75) is 64.3 Å². The molecule has 1 fully saturated rings. The topological polar surface area (TPSA) is 36.3 Å². The molecule has 104 valence electrons. The summed E-state index contributed by atoms with van der Waals surface area (Å²) in [6.07, 6.45) is 10.3. The van der Waals surface area contributed by atoms with E-state index in [0.29, 0.717) is 0 Å². The molecule has 1 saturated heterocycles. The Morgan fingerprint density at radius 1 is 1.06 bits per heavy atom. The Balaban J connectivity index is 2.03. The highest BCUT2D eigenvalue weighted by atomic mass is 16.5. The first kappa shape index (κ1) is 15.5. The summed E-state index contributed by atoms with van der Waals surface area (Å²) in [5.74, 6) is 0.